The molecular weight excluding hydrogens is 495 g/mol. The van der Waals surface area contributed by atoms with Gasteiger partial charge in [0.2, 0.25) is 0 Å². The Morgan fingerprint density at radius 3 is 2.33 bits per heavy atom. The van der Waals surface area contributed by atoms with Gasteiger partial charge >= 0.3 is 5.97 Å². The van der Waals surface area contributed by atoms with Gasteiger partial charge in [-0.05, 0) is 73.9 Å². The van der Waals surface area contributed by atoms with E-state index in [0.29, 0.717) is 60.3 Å². The van der Waals surface area contributed by atoms with Crippen LogP contribution < -0.4 is 4.90 Å². The van der Waals surface area contributed by atoms with E-state index in [1.807, 2.05) is 23.1 Å². The fourth-order valence-electron chi connectivity index (χ4n) is 4.93. The molecule has 1 amide bonds. The van der Waals surface area contributed by atoms with Gasteiger partial charge in [0.15, 0.2) is 0 Å². The van der Waals surface area contributed by atoms with Crippen LogP contribution in [0.1, 0.15) is 35.8 Å². The highest BCUT2D eigenvalue weighted by Crippen LogP contribution is 2.27. The Morgan fingerprint density at radius 2 is 1.64 bits per heavy atom. The van der Waals surface area contributed by atoms with Gasteiger partial charge in [0.1, 0.15) is 5.82 Å². The van der Waals surface area contributed by atoms with Crippen molar-refractivity contribution in [3.05, 3.63) is 89.9 Å². The van der Waals surface area contributed by atoms with Crippen molar-refractivity contribution < 1.29 is 19.1 Å². The second-order valence-electron chi connectivity index (χ2n) is 9.98. The van der Waals surface area contributed by atoms with Crippen molar-refractivity contribution >= 4 is 28.6 Å². The lowest BCUT2D eigenvalue weighted by Gasteiger charge is -2.36. The van der Waals surface area contributed by atoms with Gasteiger partial charge in [-0.1, -0.05) is 25.1 Å². The van der Waals surface area contributed by atoms with Crippen LogP contribution in [0.3, 0.4) is 0 Å². The summed E-state index contributed by atoms with van der Waals surface area (Å²) >= 11 is 0. The Kier molecular flexibility index (Phi) is 7.81. The van der Waals surface area contributed by atoms with Crippen molar-refractivity contribution in [2.75, 3.05) is 31.1 Å². The summed E-state index contributed by atoms with van der Waals surface area (Å²) in [7, 11) is 0. The summed E-state index contributed by atoms with van der Waals surface area (Å²) in [5.74, 6) is -1.66. The van der Waals surface area contributed by atoms with E-state index in [1.54, 1.807) is 37.3 Å². The molecule has 5 rings (SSSR count). The van der Waals surface area contributed by atoms with Crippen LogP contribution in [0.25, 0.3) is 22.3 Å². The van der Waals surface area contributed by atoms with Gasteiger partial charge in [0, 0.05) is 43.0 Å². The van der Waals surface area contributed by atoms with Crippen LogP contribution in [0.2, 0.25) is 0 Å². The normalized spacial score (nSPS) is 14.4. The average molecular weight is 527 g/mol. The van der Waals surface area contributed by atoms with E-state index >= 15 is 0 Å². The van der Waals surface area contributed by atoms with Crippen molar-refractivity contribution in [1.82, 2.24) is 14.9 Å². The Morgan fingerprint density at radius 1 is 0.923 bits per heavy atom. The Balaban J connectivity index is 1.38. The lowest BCUT2D eigenvalue weighted by molar-refractivity contribution is -0.141. The maximum absolute atomic E-state index is 13.6. The van der Waals surface area contributed by atoms with Gasteiger partial charge in [0.05, 0.1) is 28.3 Å². The molecule has 0 spiro atoms. The summed E-state index contributed by atoms with van der Waals surface area (Å²) in [6, 6.07) is 21.7. The number of fused-ring (bicyclic) bond motifs is 1. The number of halogens is 1. The van der Waals surface area contributed by atoms with Gasteiger partial charge < -0.3 is 14.9 Å². The molecule has 7 nitrogen and oxygen atoms in total. The monoisotopic (exact) mass is 526 g/mol. The van der Waals surface area contributed by atoms with E-state index in [4.69, 9.17) is 9.97 Å². The second kappa shape index (κ2) is 11.6. The van der Waals surface area contributed by atoms with Crippen molar-refractivity contribution in [3.63, 3.8) is 0 Å². The van der Waals surface area contributed by atoms with Crippen molar-refractivity contribution in [3.8, 4) is 11.3 Å². The van der Waals surface area contributed by atoms with E-state index in [2.05, 4.69) is 17.0 Å². The molecule has 1 aliphatic heterocycles. The number of hydrogen-bond acceptors (Lipinski definition) is 5. The lowest BCUT2D eigenvalue weighted by Crippen LogP contribution is -2.48. The van der Waals surface area contributed by atoms with Gasteiger partial charge in [-0.25, -0.2) is 14.4 Å². The number of aryl methyl sites for hydroxylation is 1. The van der Waals surface area contributed by atoms with Gasteiger partial charge in [-0.2, -0.15) is 0 Å². The minimum absolute atomic E-state index is 0.0362. The van der Waals surface area contributed by atoms with Crippen LogP contribution in [0.15, 0.2) is 72.8 Å². The minimum atomic E-state index is -0.828. The van der Waals surface area contributed by atoms with Gasteiger partial charge in [0.25, 0.3) is 5.91 Å². The van der Waals surface area contributed by atoms with E-state index in [-0.39, 0.29) is 11.7 Å². The topological polar surface area (TPSA) is 86.6 Å². The molecule has 0 saturated carbocycles. The molecule has 1 aromatic heterocycles. The van der Waals surface area contributed by atoms with Crippen molar-refractivity contribution in [1.29, 1.82) is 0 Å². The van der Waals surface area contributed by atoms with Crippen LogP contribution in [-0.4, -0.2) is 58.0 Å². The molecule has 1 fully saturated rings. The molecule has 0 bridgehead atoms. The summed E-state index contributed by atoms with van der Waals surface area (Å²) in [6.07, 6.45) is 1.64. The highest BCUT2D eigenvalue weighted by Gasteiger charge is 2.23. The average Bonchev–Trinajstić information content (AvgIpc) is 2.97. The first kappa shape index (κ1) is 26.3. The highest BCUT2D eigenvalue weighted by atomic mass is 19.1. The minimum Gasteiger partial charge on any atom is -0.481 e. The number of nitrogens with zero attached hydrogens (tertiary/aromatic N) is 4. The first-order valence-electron chi connectivity index (χ1n) is 13.3. The second-order valence-corrected chi connectivity index (χ2v) is 9.98. The number of benzene rings is 3. The summed E-state index contributed by atoms with van der Waals surface area (Å²) in [6.45, 7) is 4.49. The third kappa shape index (κ3) is 6.06. The number of carboxylic acid groups (broad SMARTS) is 1. The molecule has 1 N–H and O–H groups in total. The van der Waals surface area contributed by atoms with E-state index in [9.17, 15) is 19.1 Å². The largest absolute Gasteiger partial charge is 0.481 e. The molecule has 8 heteroatoms. The first-order valence-corrected chi connectivity index (χ1v) is 13.3. The summed E-state index contributed by atoms with van der Waals surface area (Å²) in [4.78, 5) is 38.5. The summed E-state index contributed by atoms with van der Waals surface area (Å²) < 4.78 is 13.6. The number of amides is 1. The molecule has 3 aromatic carbocycles. The number of piperazine rings is 1. The first-order chi connectivity index (χ1) is 18.9. The van der Waals surface area contributed by atoms with Crippen molar-refractivity contribution in [2.24, 2.45) is 5.92 Å². The van der Waals surface area contributed by atoms with Crippen LogP contribution in [0.5, 0.6) is 0 Å². The number of carbonyl (C=O) groups excluding carboxylic acids is 1. The maximum Gasteiger partial charge on any atom is 0.306 e. The predicted molar refractivity (Wildman–Crippen MR) is 149 cm³/mol. The smallest absolute Gasteiger partial charge is 0.306 e. The number of para-hydroxylation sites is 1. The Bertz CT molecular complexity index is 1470. The fourth-order valence-corrected chi connectivity index (χ4v) is 4.93. The molecule has 1 aliphatic rings. The van der Waals surface area contributed by atoms with E-state index < -0.39 is 11.9 Å². The SMILES string of the molecule is CC(CCCc1nc2cc(C(=O)N3CCN(c4ccccc4)CC3)ccc2nc1-c1ccc(F)cc1)C(=O)O. The zero-order chi connectivity index (χ0) is 27.4. The van der Waals surface area contributed by atoms with Crippen LogP contribution in [0.4, 0.5) is 10.1 Å². The number of anilines is 1. The Labute approximate surface area is 226 Å². The number of carboxylic acids is 1. The lowest BCUT2D eigenvalue weighted by atomic mass is 10.0. The van der Waals surface area contributed by atoms with Gasteiger partial charge in [-0.3, -0.25) is 9.59 Å². The van der Waals surface area contributed by atoms with E-state index in [1.165, 1.54) is 12.1 Å². The van der Waals surface area contributed by atoms with Crippen molar-refractivity contribution in [2.45, 2.75) is 26.2 Å². The molecule has 200 valence electrons. The summed E-state index contributed by atoms with van der Waals surface area (Å²) in [5, 5.41) is 9.24. The number of carbonyl (C=O) groups is 2. The molecule has 0 radical (unpaired) electrons. The van der Waals surface area contributed by atoms with Crippen LogP contribution in [-0.2, 0) is 11.2 Å². The standard InChI is InChI=1S/C31H31FN4O3/c1-21(31(38)39)6-5-9-27-29(22-10-13-24(32)14-11-22)34-26-15-12-23(20-28(26)33-27)30(37)36-18-16-35(17-19-36)25-7-3-2-4-8-25/h2-4,7-8,10-15,20-21H,5-6,9,16-19H2,1H3,(H,38,39). The van der Waals surface area contributed by atoms with Gasteiger partial charge in [-0.15, -0.1) is 0 Å². The molecule has 4 aromatic rings. The predicted octanol–water partition coefficient (Wildman–Crippen LogP) is 5.44. The number of aromatic nitrogens is 2. The maximum atomic E-state index is 13.6. The third-order valence-electron chi connectivity index (χ3n) is 7.26. The fraction of sp³-hybridized carbons (Fsp3) is 0.290. The third-order valence-corrected chi connectivity index (χ3v) is 7.26. The molecule has 1 atom stereocenters. The zero-order valence-corrected chi connectivity index (χ0v) is 21.9. The van der Waals surface area contributed by atoms with Crippen LogP contribution >= 0.6 is 0 Å². The highest BCUT2D eigenvalue weighted by molar-refractivity contribution is 5.97. The number of aliphatic carboxylic acids is 1. The van der Waals surface area contributed by atoms with Crippen LogP contribution in [0, 0.1) is 11.7 Å². The molecule has 1 saturated heterocycles. The summed E-state index contributed by atoms with van der Waals surface area (Å²) in [5.41, 5.74) is 5.05. The molecule has 2 heterocycles. The molecule has 0 aliphatic carbocycles. The quantitative estimate of drug-likeness (QED) is 0.329. The van der Waals surface area contributed by atoms with E-state index in [0.717, 1.165) is 24.3 Å². The molecule has 1 unspecified atom stereocenters. The number of rotatable bonds is 8. The Hall–Kier alpha value is -4.33. The molecule has 39 heavy (non-hydrogen) atoms. The number of hydrogen-bond donors (Lipinski definition) is 1. The molecular formula is C31H31FN4O3. The zero-order valence-electron chi connectivity index (χ0n) is 21.9.